The molecule has 0 spiro atoms. The maximum Gasteiger partial charge on any atom is 0.240 e. The Balaban J connectivity index is 1.99. The average Bonchev–Trinajstić information content (AvgIpc) is 3.15. The van der Waals surface area contributed by atoms with Crippen molar-refractivity contribution in [3.8, 4) is 11.5 Å². The maximum atomic E-state index is 12.3. The van der Waals surface area contributed by atoms with Crippen LogP contribution in [-0.4, -0.2) is 58.9 Å². The topological polar surface area (TPSA) is 84.9 Å². The van der Waals surface area contributed by atoms with Crippen LogP contribution in [0, 0.1) is 0 Å². The van der Waals surface area contributed by atoms with E-state index in [2.05, 4.69) is 5.32 Å². The zero-order valence-electron chi connectivity index (χ0n) is 16.1. The van der Waals surface area contributed by atoms with Crippen LogP contribution >= 0.6 is 11.8 Å². The van der Waals surface area contributed by atoms with Gasteiger partial charge in [0.05, 0.1) is 26.2 Å². The van der Waals surface area contributed by atoms with Gasteiger partial charge in [0.1, 0.15) is 18.0 Å². The van der Waals surface area contributed by atoms with Crippen molar-refractivity contribution < 1.29 is 22.7 Å². The summed E-state index contributed by atoms with van der Waals surface area (Å²) < 4.78 is 36.0. The number of nitrogens with zero attached hydrogens (tertiary/aromatic N) is 1. The fourth-order valence-corrected chi connectivity index (χ4v) is 5.11. The average molecular weight is 417 g/mol. The number of anilines is 1. The lowest BCUT2D eigenvalue weighted by Crippen LogP contribution is -2.41. The second-order valence-electron chi connectivity index (χ2n) is 6.43. The largest absolute Gasteiger partial charge is 0.497 e. The Morgan fingerprint density at radius 1 is 1.26 bits per heavy atom. The molecular weight excluding hydrogens is 388 g/mol. The quantitative estimate of drug-likeness (QED) is 0.589. The number of benzene rings is 1. The van der Waals surface area contributed by atoms with Gasteiger partial charge in [-0.25, -0.2) is 8.42 Å². The van der Waals surface area contributed by atoms with E-state index < -0.39 is 10.0 Å². The minimum absolute atomic E-state index is 0.296. The third-order valence-electron chi connectivity index (χ3n) is 4.42. The standard InChI is InChI=1S/C18H28N2O5S2/c1-24-14-8-9-16(17(12-14)25-2)20(27(3,22)23)13-18(21)19-10-11-26-15-6-4-5-7-15/h8-9,12,15H,4-7,10-11,13H2,1-3H3,(H,19,21). The number of thioether (sulfide) groups is 1. The molecular formula is C18H28N2O5S2. The molecule has 1 aliphatic carbocycles. The molecule has 0 bridgehead atoms. The SMILES string of the molecule is COc1ccc(N(CC(=O)NCCSC2CCCC2)S(C)(=O)=O)c(OC)c1. The fraction of sp³-hybridized carbons (Fsp3) is 0.611. The summed E-state index contributed by atoms with van der Waals surface area (Å²) in [7, 11) is -0.705. The zero-order chi connectivity index (χ0) is 19.9. The van der Waals surface area contributed by atoms with Crippen LogP contribution in [0.2, 0.25) is 0 Å². The molecule has 7 nitrogen and oxygen atoms in total. The van der Waals surface area contributed by atoms with Crippen molar-refractivity contribution in [3.63, 3.8) is 0 Å². The molecule has 0 unspecified atom stereocenters. The van der Waals surface area contributed by atoms with E-state index in [0.29, 0.717) is 29.0 Å². The summed E-state index contributed by atoms with van der Waals surface area (Å²) in [5.41, 5.74) is 0.302. The molecule has 0 saturated heterocycles. The number of nitrogens with one attached hydrogen (secondary N) is 1. The van der Waals surface area contributed by atoms with E-state index in [9.17, 15) is 13.2 Å². The van der Waals surface area contributed by atoms with Crippen LogP contribution in [-0.2, 0) is 14.8 Å². The van der Waals surface area contributed by atoms with Gasteiger partial charge in [-0.05, 0) is 25.0 Å². The minimum Gasteiger partial charge on any atom is -0.497 e. The minimum atomic E-state index is -3.66. The molecule has 0 aromatic heterocycles. The molecule has 152 valence electrons. The van der Waals surface area contributed by atoms with E-state index in [4.69, 9.17) is 9.47 Å². The highest BCUT2D eigenvalue weighted by atomic mass is 32.2. The molecule has 1 N–H and O–H groups in total. The fourth-order valence-electron chi connectivity index (χ4n) is 3.03. The Morgan fingerprint density at radius 2 is 1.96 bits per heavy atom. The van der Waals surface area contributed by atoms with E-state index in [1.165, 1.54) is 39.9 Å². The second-order valence-corrected chi connectivity index (χ2v) is 9.75. The van der Waals surface area contributed by atoms with Gasteiger partial charge in [-0.15, -0.1) is 0 Å². The third kappa shape index (κ3) is 6.49. The number of ether oxygens (including phenoxy) is 2. The second kappa shape index (κ2) is 10.1. The number of hydrogen-bond acceptors (Lipinski definition) is 6. The lowest BCUT2D eigenvalue weighted by atomic mass is 10.2. The Bertz CT molecular complexity index is 733. The van der Waals surface area contributed by atoms with Gasteiger partial charge in [0.2, 0.25) is 15.9 Å². The molecule has 1 saturated carbocycles. The first kappa shape index (κ1) is 21.7. The lowest BCUT2D eigenvalue weighted by molar-refractivity contribution is -0.119. The monoisotopic (exact) mass is 416 g/mol. The predicted octanol–water partition coefficient (Wildman–Crippen LogP) is 2.26. The Hall–Kier alpha value is -1.61. The van der Waals surface area contributed by atoms with Crippen LogP contribution in [0.4, 0.5) is 5.69 Å². The number of rotatable bonds is 10. The van der Waals surface area contributed by atoms with Gasteiger partial charge in [0.25, 0.3) is 0 Å². The van der Waals surface area contributed by atoms with Crippen molar-refractivity contribution in [1.82, 2.24) is 5.32 Å². The first-order valence-corrected chi connectivity index (χ1v) is 11.8. The van der Waals surface area contributed by atoms with E-state index in [-0.39, 0.29) is 12.5 Å². The van der Waals surface area contributed by atoms with Crippen LogP contribution in [0.25, 0.3) is 0 Å². The molecule has 27 heavy (non-hydrogen) atoms. The van der Waals surface area contributed by atoms with Crippen LogP contribution in [0.1, 0.15) is 25.7 Å². The highest BCUT2D eigenvalue weighted by Crippen LogP contribution is 2.33. The third-order valence-corrected chi connectivity index (χ3v) is 6.93. The summed E-state index contributed by atoms with van der Waals surface area (Å²) in [5.74, 6) is 1.35. The normalized spacial score (nSPS) is 14.8. The molecule has 0 atom stereocenters. The van der Waals surface area contributed by atoms with Crippen LogP contribution in [0.5, 0.6) is 11.5 Å². The van der Waals surface area contributed by atoms with Crippen LogP contribution in [0.3, 0.4) is 0 Å². The molecule has 0 aliphatic heterocycles. The number of hydrogen-bond donors (Lipinski definition) is 1. The summed E-state index contributed by atoms with van der Waals surface area (Å²) in [6, 6.07) is 4.79. The summed E-state index contributed by atoms with van der Waals surface area (Å²) in [6.07, 6.45) is 6.14. The Labute approximate surface area is 165 Å². The van der Waals surface area contributed by atoms with Crippen molar-refractivity contribution in [2.75, 3.05) is 43.6 Å². The number of methoxy groups -OCH3 is 2. The van der Waals surface area contributed by atoms with E-state index in [1.807, 2.05) is 11.8 Å². The van der Waals surface area contributed by atoms with Gasteiger partial charge in [-0.2, -0.15) is 11.8 Å². The molecule has 0 radical (unpaired) electrons. The van der Waals surface area contributed by atoms with E-state index in [1.54, 1.807) is 18.2 Å². The summed E-state index contributed by atoms with van der Waals surface area (Å²) in [6.45, 7) is 0.229. The van der Waals surface area contributed by atoms with Crippen LogP contribution in [0.15, 0.2) is 18.2 Å². The summed E-state index contributed by atoms with van der Waals surface area (Å²) >= 11 is 1.88. The highest BCUT2D eigenvalue weighted by Gasteiger charge is 2.24. The molecule has 1 aromatic carbocycles. The van der Waals surface area contributed by atoms with E-state index in [0.717, 1.165) is 16.3 Å². The molecule has 9 heteroatoms. The van der Waals surface area contributed by atoms with Crippen molar-refractivity contribution in [3.05, 3.63) is 18.2 Å². The number of sulfonamides is 1. The lowest BCUT2D eigenvalue weighted by Gasteiger charge is -2.24. The van der Waals surface area contributed by atoms with Gasteiger partial charge < -0.3 is 14.8 Å². The molecule has 0 heterocycles. The first-order chi connectivity index (χ1) is 12.8. The van der Waals surface area contributed by atoms with E-state index >= 15 is 0 Å². The van der Waals surface area contributed by atoms with Crippen molar-refractivity contribution >= 4 is 33.4 Å². The highest BCUT2D eigenvalue weighted by molar-refractivity contribution is 7.99. The molecule has 1 aromatic rings. The zero-order valence-corrected chi connectivity index (χ0v) is 17.7. The van der Waals surface area contributed by atoms with Crippen LogP contribution < -0.4 is 19.1 Å². The Morgan fingerprint density at radius 3 is 2.56 bits per heavy atom. The summed E-state index contributed by atoms with van der Waals surface area (Å²) in [5, 5.41) is 3.50. The maximum absolute atomic E-state index is 12.3. The summed E-state index contributed by atoms with van der Waals surface area (Å²) in [4.78, 5) is 12.3. The molecule has 1 fully saturated rings. The van der Waals surface area contributed by atoms with Gasteiger partial charge >= 0.3 is 0 Å². The van der Waals surface area contributed by atoms with Crippen molar-refractivity contribution in [2.45, 2.75) is 30.9 Å². The molecule has 2 rings (SSSR count). The molecule has 1 aliphatic rings. The first-order valence-electron chi connectivity index (χ1n) is 8.93. The van der Waals surface area contributed by atoms with Gasteiger partial charge in [0, 0.05) is 23.6 Å². The van der Waals surface area contributed by atoms with Gasteiger partial charge in [0.15, 0.2) is 0 Å². The van der Waals surface area contributed by atoms with Gasteiger partial charge in [-0.3, -0.25) is 9.10 Å². The van der Waals surface area contributed by atoms with Crippen molar-refractivity contribution in [2.24, 2.45) is 0 Å². The number of amides is 1. The predicted molar refractivity (Wildman–Crippen MR) is 109 cm³/mol. The van der Waals surface area contributed by atoms with Gasteiger partial charge in [-0.1, -0.05) is 12.8 Å². The number of carbonyl (C=O) groups is 1. The molecule has 1 amide bonds. The van der Waals surface area contributed by atoms with Crippen molar-refractivity contribution in [1.29, 1.82) is 0 Å². The smallest absolute Gasteiger partial charge is 0.240 e. The number of carbonyl (C=O) groups excluding carboxylic acids is 1. The Kier molecular flexibility index (Phi) is 8.09.